The zero-order valence-corrected chi connectivity index (χ0v) is 25.4. The van der Waals surface area contributed by atoms with E-state index in [-0.39, 0.29) is 0 Å². The summed E-state index contributed by atoms with van der Waals surface area (Å²) in [5.74, 6) is 0. The summed E-state index contributed by atoms with van der Waals surface area (Å²) in [6, 6.07) is 45.0. The highest BCUT2D eigenvalue weighted by molar-refractivity contribution is 6.22. The standard InChI is InChI=1S/C42H32N2/c1-25-27(3)43(33-15-13-29-9-5-7-11-31(29)23-33)41-35(25)17-19-37-38-20-18-36-26(2)28(4)44(42(36)40(38)22-21-39(37)41)34-16-14-30-10-6-8-12-32(30)24-34/h5-24H,1-4H3. The highest BCUT2D eigenvalue weighted by Gasteiger charge is 2.20. The fourth-order valence-electron chi connectivity index (χ4n) is 7.61. The molecule has 0 aliphatic heterocycles. The summed E-state index contributed by atoms with van der Waals surface area (Å²) in [6.45, 7) is 9.02. The number of fused-ring (bicyclic) bond motifs is 9. The van der Waals surface area contributed by atoms with Crippen LogP contribution in [0.25, 0.3) is 76.3 Å². The van der Waals surface area contributed by atoms with Gasteiger partial charge < -0.3 is 9.13 Å². The first-order valence-electron chi connectivity index (χ1n) is 15.5. The van der Waals surface area contributed by atoms with Crippen LogP contribution < -0.4 is 0 Å². The predicted octanol–water partition coefficient (Wildman–Crippen LogP) is 11.4. The second-order valence-electron chi connectivity index (χ2n) is 12.3. The van der Waals surface area contributed by atoms with Gasteiger partial charge in [0, 0.05) is 44.3 Å². The SMILES string of the molecule is Cc1c(C)n(-c2ccc3ccccc3c2)c2c1ccc1c3ccc4c(C)c(C)n(-c5ccc6ccccc6c5)c4c3ccc12. The molecule has 0 radical (unpaired) electrons. The summed E-state index contributed by atoms with van der Waals surface area (Å²) in [5.41, 5.74) is 10.2. The van der Waals surface area contributed by atoms with Gasteiger partial charge in [-0.2, -0.15) is 0 Å². The summed E-state index contributed by atoms with van der Waals surface area (Å²) in [6.07, 6.45) is 0. The molecule has 0 atom stereocenters. The Kier molecular flexibility index (Phi) is 5.20. The molecule has 0 N–H and O–H groups in total. The molecular weight excluding hydrogens is 532 g/mol. The Labute approximate surface area is 256 Å². The van der Waals surface area contributed by atoms with Crippen molar-refractivity contribution in [1.82, 2.24) is 9.13 Å². The van der Waals surface area contributed by atoms with Crippen LogP contribution >= 0.6 is 0 Å². The average Bonchev–Trinajstić information content (AvgIpc) is 3.48. The van der Waals surface area contributed by atoms with Crippen molar-refractivity contribution in [3.05, 3.63) is 144 Å². The molecule has 0 aliphatic rings. The van der Waals surface area contributed by atoms with Gasteiger partial charge in [0.1, 0.15) is 0 Å². The highest BCUT2D eigenvalue weighted by atomic mass is 15.0. The maximum atomic E-state index is 2.47. The van der Waals surface area contributed by atoms with E-state index in [9.17, 15) is 0 Å². The molecule has 44 heavy (non-hydrogen) atoms. The number of benzene rings is 7. The smallest absolute Gasteiger partial charge is 0.0612 e. The molecule has 0 amide bonds. The zero-order valence-electron chi connectivity index (χ0n) is 25.4. The van der Waals surface area contributed by atoms with Crippen LogP contribution in [-0.4, -0.2) is 9.13 Å². The molecule has 2 aromatic heterocycles. The van der Waals surface area contributed by atoms with E-state index in [4.69, 9.17) is 0 Å². The van der Waals surface area contributed by atoms with E-state index in [1.165, 1.54) is 98.8 Å². The Hall–Kier alpha value is -5.34. The molecule has 9 aromatic rings. The van der Waals surface area contributed by atoms with Crippen molar-refractivity contribution in [2.24, 2.45) is 0 Å². The monoisotopic (exact) mass is 564 g/mol. The van der Waals surface area contributed by atoms with Crippen LogP contribution in [-0.2, 0) is 0 Å². The normalized spacial score (nSPS) is 12.1. The van der Waals surface area contributed by atoms with Crippen molar-refractivity contribution in [3.63, 3.8) is 0 Å². The van der Waals surface area contributed by atoms with Gasteiger partial charge in [-0.25, -0.2) is 0 Å². The lowest BCUT2D eigenvalue weighted by atomic mass is 9.97. The molecule has 7 aromatic carbocycles. The number of hydrogen-bond donors (Lipinski definition) is 0. The molecule has 0 saturated heterocycles. The van der Waals surface area contributed by atoms with Crippen LogP contribution in [0.4, 0.5) is 0 Å². The zero-order chi connectivity index (χ0) is 29.7. The number of rotatable bonds is 2. The summed E-state index contributed by atoms with van der Waals surface area (Å²) >= 11 is 0. The summed E-state index contributed by atoms with van der Waals surface area (Å²) in [7, 11) is 0. The third kappa shape index (κ3) is 3.37. The second kappa shape index (κ2) is 9.08. The number of aromatic nitrogens is 2. The molecule has 2 nitrogen and oxygen atoms in total. The first kappa shape index (κ1) is 25.2. The van der Waals surface area contributed by atoms with Gasteiger partial charge in [0.2, 0.25) is 0 Å². The maximum Gasteiger partial charge on any atom is 0.0612 e. The molecule has 0 unspecified atom stereocenters. The lowest BCUT2D eigenvalue weighted by Crippen LogP contribution is -1.98. The minimum Gasteiger partial charge on any atom is -0.313 e. The van der Waals surface area contributed by atoms with Crippen molar-refractivity contribution >= 4 is 64.9 Å². The Bertz CT molecular complexity index is 2460. The third-order valence-electron chi connectivity index (χ3n) is 10.1. The van der Waals surface area contributed by atoms with Gasteiger partial charge in [-0.15, -0.1) is 0 Å². The molecule has 0 spiro atoms. The van der Waals surface area contributed by atoms with Crippen LogP contribution in [0.3, 0.4) is 0 Å². The first-order valence-corrected chi connectivity index (χ1v) is 15.5. The molecule has 210 valence electrons. The van der Waals surface area contributed by atoms with Crippen LogP contribution in [0.2, 0.25) is 0 Å². The molecule has 2 heteroatoms. The minimum absolute atomic E-state index is 1.21. The van der Waals surface area contributed by atoms with E-state index in [0.717, 1.165) is 0 Å². The van der Waals surface area contributed by atoms with E-state index in [2.05, 4.69) is 158 Å². The predicted molar refractivity (Wildman–Crippen MR) is 189 cm³/mol. The fraction of sp³-hybridized carbons (Fsp3) is 0.0952. The average molecular weight is 565 g/mol. The molecule has 0 aliphatic carbocycles. The van der Waals surface area contributed by atoms with E-state index in [0.29, 0.717) is 0 Å². The molecule has 9 rings (SSSR count). The van der Waals surface area contributed by atoms with Crippen molar-refractivity contribution in [3.8, 4) is 11.4 Å². The lowest BCUT2D eigenvalue weighted by Gasteiger charge is -2.14. The quantitative estimate of drug-likeness (QED) is 0.185. The lowest BCUT2D eigenvalue weighted by molar-refractivity contribution is 1.04. The largest absolute Gasteiger partial charge is 0.313 e. The second-order valence-corrected chi connectivity index (χ2v) is 12.3. The Morgan fingerprint density at radius 3 is 1.14 bits per heavy atom. The van der Waals surface area contributed by atoms with Gasteiger partial charge >= 0.3 is 0 Å². The van der Waals surface area contributed by atoms with Crippen molar-refractivity contribution in [2.75, 3.05) is 0 Å². The number of aryl methyl sites for hydroxylation is 2. The van der Waals surface area contributed by atoms with Crippen LogP contribution in [0.1, 0.15) is 22.5 Å². The summed E-state index contributed by atoms with van der Waals surface area (Å²) in [4.78, 5) is 0. The van der Waals surface area contributed by atoms with Crippen molar-refractivity contribution < 1.29 is 0 Å². The van der Waals surface area contributed by atoms with E-state index >= 15 is 0 Å². The number of nitrogens with zero attached hydrogens (tertiary/aromatic N) is 2. The van der Waals surface area contributed by atoms with Crippen molar-refractivity contribution in [1.29, 1.82) is 0 Å². The van der Waals surface area contributed by atoms with Gasteiger partial charge in [-0.05, 0) is 95.4 Å². The fourth-order valence-corrected chi connectivity index (χ4v) is 7.61. The maximum absolute atomic E-state index is 2.47. The summed E-state index contributed by atoms with van der Waals surface area (Å²) in [5, 5.41) is 12.8. The molecular formula is C42H32N2. The summed E-state index contributed by atoms with van der Waals surface area (Å²) < 4.78 is 4.94. The highest BCUT2D eigenvalue weighted by Crippen LogP contribution is 2.41. The van der Waals surface area contributed by atoms with E-state index in [1.54, 1.807) is 0 Å². The van der Waals surface area contributed by atoms with Gasteiger partial charge in [0.25, 0.3) is 0 Å². The van der Waals surface area contributed by atoms with Gasteiger partial charge in [0.15, 0.2) is 0 Å². The van der Waals surface area contributed by atoms with Gasteiger partial charge in [-0.3, -0.25) is 0 Å². The van der Waals surface area contributed by atoms with E-state index < -0.39 is 0 Å². The van der Waals surface area contributed by atoms with Crippen LogP contribution in [0.5, 0.6) is 0 Å². The van der Waals surface area contributed by atoms with Gasteiger partial charge in [-0.1, -0.05) is 97.1 Å². The van der Waals surface area contributed by atoms with E-state index in [1.807, 2.05) is 0 Å². The molecule has 0 fully saturated rings. The van der Waals surface area contributed by atoms with Crippen LogP contribution in [0.15, 0.2) is 121 Å². The Morgan fingerprint density at radius 1 is 0.341 bits per heavy atom. The third-order valence-corrected chi connectivity index (χ3v) is 10.1. The van der Waals surface area contributed by atoms with Crippen LogP contribution in [0, 0.1) is 27.7 Å². The first-order chi connectivity index (χ1) is 21.5. The van der Waals surface area contributed by atoms with Gasteiger partial charge in [0.05, 0.1) is 11.0 Å². The molecule has 2 heterocycles. The topological polar surface area (TPSA) is 9.86 Å². The number of hydrogen-bond acceptors (Lipinski definition) is 0. The molecule has 0 bridgehead atoms. The minimum atomic E-state index is 1.21. The molecule has 0 saturated carbocycles. The Balaban J connectivity index is 1.36. The van der Waals surface area contributed by atoms with Crippen molar-refractivity contribution in [2.45, 2.75) is 27.7 Å². The Morgan fingerprint density at radius 2 is 0.705 bits per heavy atom.